The van der Waals surface area contributed by atoms with Gasteiger partial charge in [0.05, 0.1) is 11.1 Å². The normalized spacial score (nSPS) is 13.2. The monoisotopic (exact) mass is 313 g/mol. The predicted molar refractivity (Wildman–Crippen MR) is 63.7 cm³/mol. The summed E-state index contributed by atoms with van der Waals surface area (Å²) in [6.45, 7) is 4.68. The topological polar surface area (TPSA) is 29.1 Å². The van der Waals surface area contributed by atoms with Crippen molar-refractivity contribution in [2.75, 3.05) is 0 Å². The molecule has 21 heavy (non-hydrogen) atoms. The van der Waals surface area contributed by atoms with Crippen LogP contribution in [-0.2, 0) is 12.4 Å². The minimum absolute atomic E-state index is 0.0200. The second-order valence-corrected chi connectivity index (χ2v) is 5.50. The Morgan fingerprint density at radius 3 is 1.52 bits per heavy atom. The Morgan fingerprint density at radius 1 is 0.857 bits per heavy atom. The van der Waals surface area contributed by atoms with Gasteiger partial charge in [-0.25, -0.2) is 0 Å². The summed E-state index contributed by atoms with van der Waals surface area (Å²) in [5.41, 5.74) is -4.51. The predicted octanol–water partition coefficient (Wildman–Crippen LogP) is 4.25. The van der Waals surface area contributed by atoms with Gasteiger partial charge in [-0.1, -0.05) is 0 Å². The molecule has 0 atom stereocenters. The Labute approximate surface area is 117 Å². The fourth-order valence-electron chi connectivity index (χ4n) is 1.50. The summed E-state index contributed by atoms with van der Waals surface area (Å²) in [5.74, 6) is -1.00. The van der Waals surface area contributed by atoms with E-state index in [4.69, 9.17) is 0 Å². The molecule has 0 aliphatic rings. The number of carbonyl (C=O) groups excluding carboxylic acids is 1. The zero-order valence-electron chi connectivity index (χ0n) is 11.4. The summed E-state index contributed by atoms with van der Waals surface area (Å²) >= 11 is 0. The Bertz CT molecular complexity index is 507. The van der Waals surface area contributed by atoms with Crippen molar-refractivity contribution in [1.29, 1.82) is 0 Å². The van der Waals surface area contributed by atoms with Crippen LogP contribution >= 0.6 is 0 Å². The van der Waals surface area contributed by atoms with Crippen molar-refractivity contribution < 1.29 is 31.1 Å². The van der Waals surface area contributed by atoms with E-state index in [1.54, 1.807) is 20.8 Å². The zero-order chi connectivity index (χ0) is 16.6. The first-order chi connectivity index (χ1) is 9.20. The first-order valence-electron chi connectivity index (χ1n) is 5.82. The lowest BCUT2D eigenvalue weighted by Gasteiger charge is -2.21. The number of nitrogens with one attached hydrogen (secondary N) is 1. The van der Waals surface area contributed by atoms with E-state index < -0.39 is 40.5 Å². The highest BCUT2D eigenvalue weighted by Gasteiger charge is 2.37. The van der Waals surface area contributed by atoms with E-state index in [0.717, 1.165) is 0 Å². The van der Waals surface area contributed by atoms with Gasteiger partial charge in [-0.3, -0.25) is 4.79 Å². The molecule has 0 aliphatic carbocycles. The van der Waals surface area contributed by atoms with Crippen molar-refractivity contribution in [1.82, 2.24) is 5.32 Å². The summed E-state index contributed by atoms with van der Waals surface area (Å²) in [6, 6.07) is 0.778. The summed E-state index contributed by atoms with van der Waals surface area (Å²) in [6.07, 6.45) is -9.95. The summed E-state index contributed by atoms with van der Waals surface area (Å²) < 4.78 is 75.8. The standard InChI is InChI=1S/C13H13F6NO/c1-11(2,3)20-10(21)7-4-8(12(14,15)16)6-9(5-7)13(17,18)19/h4-6H,1-3H3,(H,20,21). The molecule has 0 aliphatic heterocycles. The van der Waals surface area contributed by atoms with Gasteiger partial charge in [0, 0.05) is 11.1 Å². The fraction of sp³-hybridized carbons (Fsp3) is 0.462. The molecule has 0 radical (unpaired) electrons. The zero-order valence-corrected chi connectivity index (χ0v) is 11.4. The van der Waals surface area contributed by atoms with Gasteiger partial charge < -0.3 is 5.32 Å². The van der Waals surface area contributed by atoms with Crippen LogP contribution in [0.4, 0.5) is 26.3 Å². The molecule has 0 saturated carbocycles. The average molecular weight is 313 g/mol. The second kappa shape index (κ2) is 5.23. The molecule has 1 aromatic carbocycles. The number of carbonyl (C=O) groups is 1. The van der Waals surface area contributed by atoms with Gasteiger partial charge in [-0.05, 0) is 39.0 Å². The molecular weight excluding hydrogens is 300 g/mol. The summed E-state index contributed by atoms with van der Waals surface area (Å²) in [5, 5.41) is 2.32. The number of benzene rings is 1. The van der Waals surface area contributed by atoms with Crippen LogP contribution in [-0.4, -0.2) is 11.4 Å². The third-order valence-electron chi connectivity index (χ3n) is 2.34. The van der Waals surface area contributed by atoms with E-state index in [0.29, 0.717) is 12.1 Å². The van der Waals surface area contributed by atoms with Gasteiger partial charge in [0.25, 0.3) is 5.91 Å². The van der Waals surface area contributed by atoms with Crippen molar-refractivity contribution in [2.24, 2.45) is 0 Å². The van der Waals surface area contributed by atoms with Crippen molar-refractivity contribution in [3.63, 3.8) is 0 Å². The fourth-order valence-corrected chi connectivity index (χ4v) is 1.50. The molecular formula is C13H13F6NO. The second-order valence-electron chi connectivity index (χ2n) is 5.50. The molecule has 2 nitrogen and oxygen atoms in total. The van der Waals surface area contributed by atoms with Crippen molar-refractivity contribution in [3.05, 3.63) is 34.9 Å². The van der Waals surface area contributed by atoms with Crippen LogP contribution in [0, 0.1) is 0 Å². The number of hydrogen-bond acceptors (Lipinski definition) is 1. The van der Waals surface area contributed by atoms with Crippen LogP contribution in [0.2, 0.25) is 0 Å². The van der Waals surface area contributed by atoms with E-state index in [2.05, 4.69) is 5.32 Å². The lowest BCUT2D eigenvalue weighted by atomic mass is 10.0. The van der Waals surface area contributed by atoms with Crippen molar-refractivity contribution in [3.8, 4) is 0 Å². The third-order valence-corrected chi connectivity index (χ3v) is 2.34. The molecule has 0 bridgehead atoms. The minimum atomic E-state index is -4.97. The quantitative estimate of drug-likeness (QED) is 0.772. The van der Waals surface area contributed by atoms with Gasteiger partial charge in [-0.15, -0.1) is 0 Å². The molecule has 1 rings (SSSR count). The van der Waals surface area contributed by atoms with E-state index in [9.17, 15) is 31.1 Å². The van der Waals surface area contributed by atoms with Crippen LogP contribution in [0.5, 0.6) is 0 Å². The van der Waals surface area contributed by atoms with Crippen molar-refractivity contribution >= 4 is 5.91 Å². The number of halogens is 6. The summed E-state index contributed by atoms with van der Waals surface area (Å²) in [4.78, 5) is 11.8. The maximum atomic E-state index is 12.6. The van der Waals surface area contributed by atoms with Crippen LogP contribution in [0.15, 0.2) is 18.2 Å². The van der Waals surface area contributed by atoms with Gasteiger partial charge in [0.2, 0.25) is 0 Å². The highest BCUT2D eigenvalue weighted by Crippen LogP contribution is 2.36. The first kappa shape index (κ1) is 17.3. The third kappa shape index (κ3) is 4.95. The van der Waals surface area contributed by atoms with E-state index >= 15 is 0 Å². The van der Waals surface area contributed by atoms with Crippen LogP contribution in [0.3, 0.4) is 0 Å². The largest absolute Gasteiger partial charge is 0.416 e. The highest BCUT2D eigenvalue weighted by molar-refractivity contribution is 5.95. The molecule has 8 heteroatoms. The molecule has 1 aromatic rings. The van der Waals surface area contributed by atoms with E-state index in [1.807, 2.05) is 0 Å². The van der Waals surface area contributed by atoms with Gasteiger partial charge in [0.15, 0.2) is 0 Å². The number of rotatable bonds is 1. The molecule has 0 spiro atoms. The molecule has 0 fully saturated rings. The number of alkyl halides is 6. The Balaban J connectivity index is 3.36. The van der Waals surface area contributed by atoms with Crippen LogP contribution < -0.4 is 5.32 Å². The molecule has 118 valence electrons. The Morgan fingerprint density at radius 2 is 1.24 bits per heavy atom. The maximum Gasteiger partial charge on any atom is 0.416 e. The summed E-state index contributed by atoms with van der Waals surface area (Å²) in [7, 11) is 0. The number of amides is 1. The first-order valence-corrected chi connectivity index (χ1v) is 5.82. The van der Waals surface area contributed by atoms with Gasteiger partial charge in [0.1, 0.15) is 0 Å². The lowest BCUT2D eigenvalue weighted by Crippen LogP contribution is -2.40. The van der Waals surface area contributed by atoms with Crippen molar-refractivity contribution in [2.45, 2.75) is 38.7 Å². The lowest BCUT2D eigenvalue weighted by molar-refractivity contribution is -0.143. The van der Waals surface area contributed by atoms with Gasteiger partial charge >= 0.3 is 12.4 Å². The molecule has 0 aromatic heterocycles. The Kier molecular flexibility index (Phi) is 4.32. The average Bonchev–Trinajstić information content (AvgIpc) is 2.23. The van der Waals surface area contributed by atoms with Crippen LogP contribution in [0.25, 0.3) is 0 Å². The van der Waals surface area contributed by atoms with Crippen LogP contribution in [0.1, 0.15) is 42.3 Å². The molecule has 0 saturated heterocycles. The highest BCUT2D eigenvalue weighted by atomic mass is 19.4. The molecule has 0 unspecified atom stereocenters. The SMILES string of the molecule is CC(C)(C)NC(=O)c1cc(C(F)(F)F)cc(C(F)(F)F)c1. The number of hydrogen-bond donors (Lipinski definition) is 1. The molecule has 1 N–H and O–H groups in total. The van der Waals surface area contributed by atoms with E-state index in [1.165, 1.54) is 0 Å². The maximum absolute atomic E-state index is 12.6. The van der Waals surface area contributed by atoms with Gasteiger partial charge in [-0.2, -0.15) is 26.3 Å². The minimum Gasteiger partial charge on any atom is -0.347 e. The van der Waals surface area contributed by atoms with E-state index in [-0.39, 0.29) is 6.07 Å². The Hall–Kier alpha value is -1.73. The molecule has 0 heterocycles. The molecule has 1 amide bonds. The smallest absolute Gasteiger partial charge is 0.347 e.